The summed E-state index contributed by atoms with van der Waals surface area (Å²) in [6.45, 7) is 6.42. The molecular formula is C15H24N4O4S. The largest absolute Gasteiger partial charge is 0.450 e. The monoisotopic (exact) mass is 356 g/mol. The van der Waals surface area contributed by atoms with Crippen molar-refractivity contribution in [1.29, 1.82) is 0 Å². The van der Waals surface area contributed by atoms with E-state index in [1.165, 1.54) is 4.31 Å². The number of carbonyl (C=O) groups is 1. The Morgan fingerprint density at radius 1 is 1.21 bits per heavy atom. The first-order valence-corrected chi connectivity index (χ1v) is 9.68. The molecule has 0 aliphatic carbocycles. The average Bonchev–Trinajstić information content (AvgIpc) is 3.05. The standard InChI is InChI=1S/C15H24N4O4S/c1-3-23-15(20)17-7-10-18(11-8-17)24(21,22)19-12-9-16-6-4-5-14(16)13(19)2/h4-6,13H,3,7-12H2,1-2H3. The number of fused-ring (bicyclic) bond motifs is 1. The summed E-state index contributed by atoms with van der Waals surface area (Å²) in [6, 6.07) is 3.72. The van der Waals surface area contributed by atoms with E-state index in [1.54, 1.807) is 16.1 Å². The normalized spacial score (nSPS) is 23.1. The summed E-state index contributed by atoms with van der Waals surface area (Å²) in [4.78, 5) is 13.3. The Labute approximate surface area is 142 Å². The Balaban J connectivity index is 1.68. The van der Waals surface area contributed by atoms with E-state index in [9.17, 15) is 13.2 Å². The molecule has 0 bridgehead atoms. The average molecular weight is 356 g/mol. The highest BCUT2D eigenvalue weighted by Gasteiger charge is 2.38. The summed E-state index contributed by atoms with van der Waals surface area (Å²) >= 11 is 0. The van der Waals surface area contributed by atoms with Crippen molar-refractivity contribution in [3.63, 3.8) is 0 Å². The summed E-state index contributed by atoms with van der Waals surface area (Å²) in [5.41, 5.74) is 1.01. The van der Waals surface area contributed by atoms with Crippen LogP contribution >= 0.6 is 0 Å². The molecule has 2 aliphatic rings. The lowest BCUT2D eigenvalue weighted by Crippen LogP contribution is -2.55. The number of piperazine rings is 1. The summed E-state index contributed by atoms with van der Waals surface area (Å²) in [5.74, 6) is 0. The minimum Gasteiger partial charge on any atom is -0.450 e. The third-order valence-electron chi connectivity index (χ3n) is 4.67. The number of carbonyl (C=O) groups excluding carboxylic acids is 1. The van der Waals surface area contributed by atoms with Crippen LogP contribution < -0.4 is 0 Å². The Morgan fingerprint density at radius 2 is 1.92 bits per heavy atom. The van der Waals surface area contributed by atoms with Crippen LogP contribution in [0.5, 0.6) is 0 Å². The van der Waals surface area contributed by atoms with E-state index in [2.05, 4.69) is 4.57 Å². The first-order valence-electron chi connectivity index (χ1n) is 8.28. The van der Waals surface area contributed by atoms with Gasteiger partial charge >= 0.3 is 6.09 Å². The summed E-state index contributed by atoms with van der Waals surface area (Å²) in [7, 11) is -3.54. The van der Waals surface area contributed by atoms with E-state index < -0.39 is 10.2 Å². The van der Waals surface area contributed by atoms with Gasteiger partial charge in [-0.1, -0.05) is 0 Å². The quantitative estimate of drug-likeness (QED) is 0.806. The van der Waals surface area contributed by atoms with Crippen LogP contribution in [-0.4, -0.2) is 71.9 Å². The second-order valence-electron chi connectivity index (χ2n) is 6.01. The zero-order valence-electron chi connectivity index (χ0n) is 14.1. The van der Waals surface area contributed by atoms with Crippen molar-refractivity contribution in [2.75, 3.05) is 39.3 Å². The summed E-state index contributed by atoms with van der Waals surface area (Å²) < 4.78 is 36.1. The Bertz CT molecular complexity index is 694. The van der Waals surface area contributed by atoms with E-state index in [0.717, 1.165) is 5.69 Å². The van der Waals surface area contributed by atoms with E-state index in [1.807, 2.05) is 25.3 Å². The molecule has 2 aliphatic heterocycles. The van der Waals surface area contributed by atoms with Crippen molar-refractivity contribution in [2.45, 2.75) is 26.4 Å². The molecule has 0 radical (unpaired) electrons. The molecule has 1 unspecified atom stereocenters. The summed E-state index contributed by atoms with van der Waals surface area (Å²) in [5, 5.41) is 0. The topological polar surface area (TPSA) is 75.1 Å². The first-order chi connectivity index (χ1) is 11.4. The molecule has 1 fully saturated rings. The van der Waals surface area contributed by atoms with Gasteiger partial charge in [0.05, 0.1) is 12.6 Å². The van der Waals surface area contributed by atoms with Crippen LogP contribution in [0, 0.1) is 0 Å². The molecule has 1 amide bonds. The molecular weight excluding hydrogens is 332 g/mol. The minimum atomic E-state index is -3.54. The number of nitrogens with zero attached hydrogens (tertiary/aromatic N) is 4. The summed E-state index contributed by atoms with van der Waals surface area (Å²) in [6.07, 6.45) is 1.60. The van der Waals surface area contributed by atoms with Gasteiger partial charge in [0, 0.05) is 51.2 Å². The first kappa shape index (κ1) is 17.2. The third kappa shape index (κ3) is 3.03. The zero-order valence-corrected chi connectivity index (χ0v) is 14.9. The molecule has 9 heteroatoms. The van der Waals surface area contributed by atoms with Crippen LogP contribution in [-0.2, 0) is 21.5 Å². The highest BCUT2D eigenvalue weighted by molar-refractivity contribution is 7.86. The number of hydrogen-bond acceptors (Lipinski definition) is 4. The maximum absolute atomic E-state index is 13.0. The highest BCUT2D eigenvalue weighted by atomic mass is 32.2. The molecule has 1 aromatic rings. The second-order valence-corrected chi connectivity index (χ2v) is 7.89. The molecule has 134 valence electrons. The number of amides is 1. The number of aromatic nitrogens is 1. The smallest absolute Gasteiger partial charge is 0.409 e. The Hall–Kier alpha value is -1.58. The van der Waals surface area contributed by atoms with Crippen LogP contribution in [0.2, 0.25) is 0 Å². The number of hydrogen-bond donors (Lipinski definition) is 0. The fourth-order valence-corrected chi connectivity index (χ4v) is 5.08. The van der Waals surface area contributed by atoms with Crippen LogP contribution in [0.4, 0.5) is 4.79 Å². The van der Waals surface area contributed by atoms with Gasteiger partial charge in [-0.15, -0.1) is 0 Å². The van der Waals surface area contributed by atoms with Gasteiger partial charge in [-0.2, -0.15) is 17.0 Å². The molecule has 0 N–H and O–H groups in total. The Kier molecular flexibility index (Phi) is 4.84. The van der Waals surface area contributed by atoms with Crippen molar-refractivity contribution in [1.82, 2.24) is 18.1 Å². The predicted molar refractivity (Wildman–Crippen MR) is 88.6 cm³/mol. The van der Waals surface area contributed by atoms with Gasteiger partial charge in [0.2, 0.25) is 0 Å². The van der Waals surface area contributed by atoms with Gasteiger partial charge < -0.3 is 14.2 Å². The van der Waals surface area contributed by atoms with Crippen LogP contribution in [0.3, 0.4) is 0 Å². The molecule has 0 saturated carbocycles. The van der Waals surface area contributed by atoms with E-state index in [0.29, 0.717) is 45.9 Å². The molecule has 3 rings (SSSR count). The van der Waals surface area contributed by atoms with Gasteiger partial charge in [0.15, 0.2) is 0 Å². The van der Waals surface area contributed by atoms with E-state index in [4.69, 9.17) is 4.74 Å². The maximum atomic E-state index is 13.0. The van der Waals surface area contributed by atoms with Gasteiger partial charge in [-0.25, -0.2) is 4.79 Å². The van der Waals surface area contributed by atoms with Crippen molar-refractivity contribution < 1.29 is 17.9 Å². The molecule has 0 spiro atoms. The number of ether oxygens (including phenoxy) is 1. The lowest BCUT2D eigenvalue weighted by atomic mass is 10.2. The third-order valence-corrected chi connectivity index (χ3v) is 6.78. The van der Waals surface area contributed by atoms with Crippen molar-refractivity contribution in [3.05, 3.63) is 24.0 Å². The van der Waals surface area contributed by atoms with E-state index in [-0.39, 0.29) is 12.1 Å². The minimum absolute atomic E-state index is 0.193. The van der Waals surface area contributed by atoms with Crippen LogP contribution in [0.15, 0.2) is 18.3 Å². The van der Waals surface area contributed by atoms with Crippen molar-refractivity contribution in [3.8, 4) is 0 Å². The maximum Gasteiger partial charge on any atom is 0.409 e. The molecule has 3 heterocycles. The van der Waals surface area contributed by atoms with Crippen molar-refractivity contribution >= 4 is 16.3 Å². The van der Waals surface area contributed by atoms with Crippen molar-refractivity contribution in [2.24, 2.45) is 0 Å². The zero-order chi connectivity index (χ0) is 17.3. The van der Waals surface area contributed by atoms with Crippen LogP contribution in [0.25, 0.3) is 0 Å². The van der Waals surface area contributed by atoms with Crippen LogP contribution in [0.1, 0.15) is 25.6 Å². The SMILES string of the molecule is CCOC(=O)N1CCN(S(=O)(=O)N2CCn3cccc3C2C)CC1. The molecule has 0 aromatic carbocycles. The van der Waals surface area contributed by atoms with E-state index >= 15 is 0 Å². The molecule has 8 nitrogen and oxygen atoms in total. The van der Waals surface area contributed by atoms with Gasteiger partial charge in [0.1, 0.15) is 0 Å². The molecule has 24 heavy (non-hydrogen) atoms. The fraction of sp³-hybridized carbons (Fsp3) is 0.667. The van der Waals surface area contributed by atoms with Gasteiger partial charge in [-0.05, 0) is 26.0 Å². The second kappa shape index (κ2) is 6.73. The number of rotatable bonds is 3. The predicted octanol–water partition coefficient (Wildman–Crippen LogP) is 0.884. The van der Waals surface area contributed by atoms with Gasteiger partial charge in [-0.3, -0.25) is 0 Å². The Morgan fingerprint density at radius 3 is 2.58 bits per heavy atom. The molecule has 1 aromatic heterocycles. The van der Waals surface area contributed by atoms with Gasteiger partial charge in [0.25, 0.3) is 10.2 Å². The lowest BCUT2D eigenvalue weighted by Gasteiger charge is -2.40. The lowest BCUT2D eigenvalue weighted by molar-refractivity contribution is 0.0918. The molecule has 1 saturated heterocycles. The fourth-order valence-electron chi connectivity index (χ4n) is 3.34. The molecule has 1 atom stereocenters. The highest BCUT2D eigenvalue weighted by Crippen LogP contribution is 2.29.